The molecule has 0 heterocycles. The normalized spacial score (nSPS) is 11.5. The van der Waals surface area contributed by atoms with Crippen molar-refractivity contribution in [3.8, 4) is 5.75 Å². The van der Waals surface area contributed by atoms with Gasteiger partial charge in [0.15, 0.2) is 0 Å². The molecule has 9 nitrogen and oxygen atoms in total. The first-order valence-electron chi connectivity index (χ1n) is 12.6. The minimum absolute atomic E-state index is 0.0413. The molecule has 0 atom stereocenters. The highest BCUT2D eigenvalue weighted by Crippen LogP contribution is 2.37. The van der Waals surface area contributed by atoms with Gasteiger partial charge in [-0.05, 0) is 54.6 Å². The zero-order chi connectivity index (χ0) is 29.0. The number of phenolic OH excluding ortho intramolecular Hbond substituents is 1. The van der Waals surface area contributed by atoms with Gasteiger partial charge in [0.2, 0.25) is 0 Å². The van der Waals surface area contributed by atoms with Crippen molar-refractivity contribution in [1.82, 2.24) is 0 Å². The molecule has 0 fully saturated rings. The fraction of sp³-hybridized carbons (Fsp3) is 0.0645. The first-order chi connectivity index (χ1) is 19.7. The van der Waals surface area contributed by atoms with E-state index < -0.39 is 15.9 Å². The molecule has 0 saturated heterocycles. The summed E-state index contributed by atoms with van der Waals surface area (Å²) >= 11 is 0. The van der Waals surface area contributed by atoms with Gasteiger partial charge in [-0.25, -0.2) is 8.42 Å². The van der Waals surface area contributed by atoms with Crippen LogP contribution in [0.5, 0.6) is 5.75 Å². The van der Waals surface area contributed by atoms with Crippen molar-refractivity contribution >= 4 is 55.1 Å². The molecule has 206 valence electrons. The Bertz CT molecular complexity index is 1860. The second kappa shape index (κ2) is 11.5. The van der Waals surface area contributed by atoms with Gasteiger partial charge in [0.25, 0.3) is 15.9 Å². The summed E-state index contributed by atoms with van der Waals surface area (Å²) in [6.45, 7) is 0. The fourth-order valence-electron chi connectivity index (χ4n) is 4.28. The van der Waals surface area contributed by atoms with Crippen LogP contribution in [0.25, 0.3) is 10.8 Å². The zero-order valence-corrected chi connectivity index (χ0v) is 23.1. The molecular formula is C31H27N5O4S. The van der Waals surface area contributed by atoms with E-state index in [-0.39, 0.29) is 16.2 Å². The van der Waals surface area contributed by atoms with Crippen molar-refractivity contribution in [2.75, 3.05) is 29.0 Å². The van der Waals surface area contributed by atoms with E-state index in [9.17, 15) is 18.3 Å². The number of nitrogens with zero attached hydrogens (tertiary/aromatic N) is 3. The molecule has 0 aliphatic heterocycles. The van der Waals surface area contributed by atoms with E-state index in [2.05, 4.69) is 20.3 Å². The molecule has 0 radical (unpaired) electrons. The second-order valence-electron chi connectivity index (χ2n) is 9.37. The van der Waals surface area contributed by atoms with Gasteiger partial charge in [-0.1, -0.05) is 54.6 Å². The molecule has 5 rings (SSSR count). The number of rotatable bonds is 8. The molecule has 0 aliphatic rings. The number of fused-ring (bicyclic) bond motifs is 1. The van der Waals surface area contributed by atoms with Crippen molar-refractivity contribution in [3.05, 3.63) is 115 Å². The third-order valence-electron chi connectivity index (χ3n) is 6.32. The first kappa shape index (κ1) is 27.4. The summed E-state index contributed by atoms with van der Waals surface area (Å²) in [7, 11) is -0.0304. The van der Waals surface area contributed by atoms with Crippen molar-refractivity contribution in [3.63, 3.8) is 0 Å². The molecule has 0 aromatic heterocycles. The Balaban J connectivity index is 1.44. The Labute approximate surface area is 237 Å². The number of amides is 1. The van der Waals surface area contributed by atoms with Crippen LogP contribution >= 0.6 is 0 Å². The van der Waals surface area contributed by atoms with Gasteiger partial charge in [-0.3, -0.25) is 9.52 Å². The Hall–Kier alpha value is -5.22. The number of azo groups is 1. The summed E-state index contributed by atoms with van der Waals surface area (Å²) in [4.78, 5) is 15.3. The summed E-state index contributed by atoms with van der Waals surface area (Å²) in [5.74, 6) is -0.667. The molecule has 0 bridgehead atoms. The monoisotopic (exact) mass is 565 g/mol. The summed E-state index contributed by atoms with van der Waals surface area (Å²) in [5, 5.41) is 23.6. The molecule has 5 aromatic rings. The van der Waals surface area contributed by atoms with Gasteiger partial charge >= 0.3 is 0 Å². The number of hydrogen-bond donors (Lipinski definition) is 3. The van der Waals surface area contributed by atoms with Crippen LogP contribution in [0.15, 0.2) is 124 Å². The first-order valence-corrected chi connectivity index (χ1v) is 14.1. The molecule has 10 heteroatoms. The molecule has 5 aromatic carbocycles. The van der Waals surface area contributed by atoms with Crippen LogP contribution in [0.3, 0.4) is 0 Å². The molecular weight excluding hydrogens is 538 g/mol. The predicted molar refractivity (Wildman–Crippen MR) is 162 cm³/mol. The van der Waals surface area contributed by atoms with Crippen LogP contribution in [0, 0.1) is 0 Å². The summed E-state index contributed by atoms with van der Waals surface area (Å²) in [6.07, 6.45) is 0. The number of anilines is 3. The topological polar surface area (TPSA) is 123 Å². The summed E-state index contributed by atoms with van der Waals surface area (Å²) in [5.41, 5.74) is 2.68. The number of carbonyl (C=O) groups excluding carboxylic acids is 1. The number of para-hydroxylation sites is 3. The number of benzene rings is 5. The van der Waals surface area contributed by atoms with E-state index >= 15 is 0 Å². The minimum atomic E-state index is -3.78. The third kappa shape index (κ3) is 6.02. The van der Waals surface area contributed by atoms with Crippen molar-refractivity contribution in [2.45, 2.75) is 4.90 Å². The smallest absolute Gasteiger partial charge is 0.261 e. The van der Waals surface area contributed by atoms with E-state index in [1.807, 2.05) is 37.2 Å². The molecule has 3 N–H and O–H groups in total. The Morgan fingerprint density at radius 1 is 0.780 bits per heavy atom. The number of sulfonamides is 1. The molecule has 0 unspecified atom stereocenters. The van der Waals surface area contributed by atoms with Gasteiger partial charge in [0, 0.05) is 30.6 Å². The number of hydrogen-bond acceptors (Lipinski definition) is 7. The van der Waals surface area contributed by atoms with Gasteiger partial charge in [-0.15, -0.1) is 5.11 Å². The Morgan fingerprint density at radius 2 is 1.41 bits per heavy atom. The fourth-order valence-corrected chi connectivity index (χ4v) is 5.34. The maximum Gasteiger partial charge on any atom is 0.261 e. The number of carbonyl (C=O) groups is 1. The van der Waals surface area contributed by atoms with E-state index in [0.29, 0.717) is 33.5 Å². The Kier molecular flexibility index (Phi) is 7.66. The quantitative estimate of drug-likeness (QED) is 0.174. The average Bonchev–Trinajstić information content (AvgIpc) is 2.97. The lowest BCUT2D eigenvalue weighted by Crippen LogP contribution is -2.16. The minimum Gasteiger partial charge on any atom is -0.506 e. The zero-order valence-electron chi connectivity index (χ0n) is 22.3. The lowest BCUT2D eigenvalue weighted by molar-refractivity contribution is 0.102. The lowest BCUT2D eigenvalue weighted by Gasteiger charge is -2.18. The van der Waals surface area contributed by atoms with E-state index in [4.69, 9.17) is 0 Å². The van der Waals surface area contributed by atoms with Crippen LogP contribution in [-0.2, 0) is 10.0 Å². The summed E-state index contributed by atoms with van der Waals surface area (Å²) < 4.78 is 28.0. The number of phenols is 1. The highest BCUT2D eigenvalue weighted by molar-refractivity contribution is 7.92. The molecule has 0 spiro atoms. The van der Waals surface area contributed by atoms with Crippen LogP contribution < -0.4 is 14.9 Å². The molecule has 41 heavy (non-hydrogen) atoms. The second-order valence-corrected chi connectivity index (χ2v) is 11.1. The van der Waals surface area contributed by atoms with Gasteiger partial charge in [0.05, 0.1) is 33.2 Å². The van der Waals surface area contributed by atoms with Crippen molar-refractivity contribution in [2.24, 2.45) is 10.2 Å². The number of aromatic hydroxyl groups is 1. The maximum absolute atomic E-state index is 13.3. The van der Waals surface area contributed by atoms with E-state index in [0.717, 1.165) is 5.69 Å². The molecule has 0 aliphatic carbocycles. The predicted octanol–water partition coefficient (Wildman–Crippen LogP) is 7.08. The van der Waals surface area contributed by atoms with Crippen LogP contribution in [-0.4, -0.2) is 33.5 Å². The maximum atomic E-state index is 13.3. The standard InChI is InChI=1S/C31H27N5O4S/c1-36(2)29-15-9-8-14-27(29)32-31(38)26-20-28(24-12-6-7-13-25(24)30(26)37)34-33-21-16-18-23(19-17-21)41(39,40)35-22-10-4-3-5-11-22/h3-20,35,37H,1-2H3,(H,32,38). The highest BCUT2D eigenvalue weighted by Gasteiger charge is 2.19. The largest absolute Gasteiger partial charge is 0.506 e. The Morgan fingerprint density at radius 3 is 2.12 bits per heavy atom. The van der Waals surface area contributed by atoms with Crippen LogP contribution in [0.4, 0.5) is 28.4 Å². The van der Waals surface area contributed by atoms with Crippen LogP contribution in [0.1, 0.15) is 10.4 Å². The molecule has 0 saturated carbocycles. The van der Waals surface area contributed by atoms with Crippen LogP contribution in [0.2, 0.25) is 0 Å². The lowest BCUT2D eigenvalue weighted by atomic mass is 10.0. The third-order valence-corrected chi connectivity index (χ3v) is 7.72. The SMILES string of the molecule is CN(C)c1ccccc1NC(=O)c1cc(N=Nc2ccc(S(=O)(=O)Nc3ccccc3)cc2)c2ccccc2c1O. The van der Waals surface area contributed by atoms with E-state index in [1.165, 1.54) is 30.3 Å². The average molecular weight is 566 g/mol. The number of nitrogens with one attached hydrogen (secondary N) is 2. The highest BCUT2D eigenvalue weighted by atomic mass is 32.2. The van der Waals surface area contributed by atoms with Gasteiger partial charge in [-0.2, -0.15) is 5.11 Å². The van der Waals surface area contributed by atoms with Crippen molar-refractivity contribution < 1.29 is 18.3 Å². The van der Waals surface area contributed by atoms with E-state index in [1.54, 1.807) is 60.7 Å². The summed E-state index contributed by atoms with van der Waals surface area (Å²) in [6, 6.07) is 30.4. The van der Waals surface area contributed by atoms with Gasteiger partial charge < -0.3 is 15.3 Å². The van der Waals surface area contributed by atoms with Crippen molar-refractivity contribution in [1.29, 1.82) is 0 Å². The van der Waals surface area contributed by atoms with Gasteiger partial charge in [0.1, 0.15) is 5.75 Å². The molecule has 1 amide bonds.